The lowest BCUT2D eigenvalue weighted by Gasteiger charge is -2.38. The number of hydrogen-bond donors (Lipinski definition) is 4. The fourth-order valence-electron chi connectivity index (χ4n) is 4.86. The van der Waals surface area contributed by atoms with Crippen LogP contribution in [0.15, 0.2) is 58.4 Å². The largest absolute Gasteiger partial charge is 0.475 e. The number of nitrogens with one attached hydrogen (secondary N) is 3. The van der Waals surface area contributed by atoms with Crippen LogP contribution >= 0.6 is 11.8 Å². The molecule has 4 N–H and O–H groups in total. The van der Waals surface area contributed by atoms with Crippen molar-refractivity contribution >= 4 is 46.1 Å². The molecule has 12 heteroatoms. The molecular weight excluding hydrogens is 546 g/mol. The number of aryl methyl sites for hydroxylation is 1. The Bertz CT molecular complexity index is 1770. The number of likely N-dealkylation sites (N-methyl/N-ethyl adjacent to an activating group) is 1. The molecule has 3 amide bonds. The van der Waals surface area contributed by atoms with Gasteiger partial charge in [0.05, 0.1) is 5.69 Å². The fourth-order valence-corrected chi connectivity index (χ4v) is 5.33. The van der Waals surface area contributed by atoms with Gasteiger partial charge in [0, 0.05) is 53.8 Å². The van der Waals surface area contributed by atoms with Gasteiger partial charge in [0.15, 0.2) is 11.4 Å². The molecule has 0 atom stereocenters. The predicted molar refractivity (Wildman–Crippen MR) is 156 cm³/mol. The van der Waals surface area contributed by atoms with E-state index in [0.717, 1.165) is 10.5 Å². The second-order valence-corrected chi connectivity index (χ2v) is 11.1. The zero-order chi connectivity index (χ0) is 29.6. The Morgan fingerprint density at radius 2 is 1.76 bits per heavy atom. The summed E-state index contributed by atoms with van der Waals surface area (Å²) in [5.41, 5.74) is 3.63. The number of nitrogens with zero attached hydrogens (tertiary/aromatic N) is 2. The first-order chi connectivity index (χ1) is 19.4. The minimum absolute atomic E-state index is 0.173. The van der Waals surface area contributed by atoms with Crippen molar-refractivity contribution in [2.45, 2.75) is 30.9 Å². The van der Waals surface area contributed by atoms with Crippen molar-refractivity contribution in [3.05, 3.63) is 75.8 Å². The molecule has 0 bridgehead atoms. The van der Waals surface area contributed by atoms with Gasteiger partial charge in [0.1, 0.15) is 11.2 Å². The molecule has 0 fully saturated rings. The number of fused-ring (bicyclic) bond motifs is 2. The quantitative estimate of drug-likeness (QED) is 0.157. The molecule has 0 unspecified atom stereocenters. The molecule has 41 heavy (non-hydrogen) atoms. The molecule has 0 radical (unpaired) electrons. The molecule has 0 saturated heterocycles. The van der Waals surface area contributed by atoms with Crippen LogP contribution in [0.3, 0.4) is 0 Å². The Kier molecular flexibility index (Phi) is 7.14. The summed E-state index contributed by atoms with van der Waals surface area (Å²) in [6.07, 6.45) is 3.64. The number of pyridine rings is 1. The van der Waals surface area contributed by atoms with Crippen LogP contribution in [0.1, 0.15) is 40.3 Å². The summed E-state index contributed by atoms with van der Waals surface area (Å²) in [4.78, 5) is 56.2. The van der Waals surface area contributed by atoms with E-state index in [1.165, 1.54) is 28.5 Å². The summed E-state index contributed by atoms with van der Waals surface area (Å²) in [6.45, 7) is 3.60. The van der Waals surface area contributed by atoms with Crippen LogP contribution in [0.25, 0.3) is 22.0 Å². The van der Waals surface area contributed by atoms with Crippen molar-refractivity contribution in [2.24, 2.45) is 7.05 Å². The third-order valence-corrected chi connectivity index (χ3v) is 7.79. The number of amides is 3. The fraction of sp³-hybridized carbons (Fsp3) is 0.241. The summed E-state index contributed by atoms with van der Waals surface area (Å²) < 4.78 is 7.71. The van der Waals surface area contributed by atoms with Gasteiger partial charge < -0.3 is 24.5 Å². The molecule has 0 saturated carbocycles. The molecule has 212 valence electrons. The van der Waals surface area contributed by atoms with Crippen molar-refractivity contribution in [1.82, 2.24) is 20.3 Å². The number of benzene rings is 2. The van der Waals surface area contributed by atoms with Crippen LogP contribution < -0.4 is 26.0 Å². The maximum atomic E-state index is 13.1. The lowest BCUT2D eigenvalue weighted by molar-refractivity contribution is -0.132. The monoisotopic (exact) mass is 575 g/mol. The van der Waals surface area contributed by atoms with Crippen molar-refractivity contribution in [2.75, 3.05) is 18.2 Å². The molecule has 0 spiro atoms. The molecular formula is C29H29N5O6S. The number of carbonyl (C=O) groups is 3. The topological polar surface area (TPSA) is 146 Å². The standard InChI is InChI=1S/C29H29N5O6S/c1-29(2)28(38)34(4)22-11-17(41-5)10-19(24(22)40-29)20-14-33(3)27(37)23-18(20)12-21(31-23)26(36)30-13-15-6-8-16(9-7-15)25(35)32-39/h6-12,14,31,39H,13H2,1-5H3,(H,30,36)(H,32,35). The van der Waals surface area contributed by atoms with Gasteiger partial charge in [-0.3, -0.25) is 24.4 Å². The summed E-state index contributed by atoms with van der Waals surface area (Å²) in [7, 11) is 3.35. The number of aromatic amines is 1. The van der Waals surface area contributed by atoms with E-state index in [1.807, 2.05) is 18.4 Å². The maximum absolute atomic E-state index is 13.1. The Labute approximate surface area is 239 Å². The van der Waals surface area contributed by atoms with E-state index in [0.29, 0.717) is 28.0 Å². The van der Waals surface area contributed by atoms with E-state index >= 15 is 0 Å². The maximum Gasteiger partial charge on any atom is 0.274 e. The first-order valence-corrected chi connectivity index (χ1v) is 13.9. The average molecular weight is 576 g/mol. The van der Waals surface area contributed by atoms with E-state index in [4.69, 9.17) is 9.94 Å². The van der Waals surface area contributed by atoms with Crippen molar-refractivity contribution < 1.29 is 24.3 Å². The summed E-state index contributed by atoms with van der Waals surface area (Å²) in [5, 5.41) is 12.1. The van der Waals surface area contributed by atoms with E-state index in [9.17, 15) is 19.2 Å². The zero-order valence-electron chi connectivity index (χ0n) is 23.1. The van der Waals surface area contributed by atoms with Crippen LogP contribution in [0, 0.1) is 0 Å². The molecule has 0 aliphatic carbocycles. The van der Waals surface area contributed by atoms with E-state index < -0.39 is 17.4 Å². The lowest BCUT2D eigenvalue weighted by atomic mass is 9.97. The number of thioether (sulfide) groups is 1. The van der Waals surface area contributed by atoms with Gasteiger partial charge in [-0.15, -0.1) is 11.8 Å². The summed E-state index contributed by atoms with van der Waals surface area (Å²) in [6, 6.07) is 11.9. The molecule has 1 aliphatic heterocycles. The Morgan fingerprint density at radius 3 is 2.41 bits per heavy atom. The highest BCUT2D eigenvalue weighted by molar-refractivity contribution is 7.98. The number of hydrogen-bond acceptors (Lipinski definition) is 7. The van der Waals surface area contributed by atoms with E-state index in [1.54, 1.807) is 62.7 Å². The highest BCUT2D eigenvalue weighted by atomic mass is 32.2. The normalized spacial score (nSPS) is 14.0. The predicted octanol–water partition coefficient (Wildman–Crippen LogP) is 3.44. The van der Waals surface area contributed by atoms with E-state index in [2.05, 4.69) is 10.3 Å². The smallest absolute Gasteiger partial charge is 0.274 e. The van der Waals surface area contributed by atoms with Crippen molar-refractivity contribution in [3.63, 3.8) is 0 Å². The lowest BCUT2D eigenvalue weighted by Crippen LogP contribution is -2.51. The van der Waals surface area contributed by atoms with Gasteiger partial charge in [-0.05, 0) is 56.0 Å². The SMILES string of the molecule is CSc1cc(-c2cn(C)c(=O)c3[nH]c(C(=O)NCc4ccc(C(=O)NO)cc4)cc23)c2c(c1)N(C)C(=O)C(C)(C)O2. The van der Waals surface area contributed by atoms with Crippen molar-refractivity contribution in [3.8, 4) is 16.9 Å². The third kappa shape index (κ3) is 4.96. The summed E-state index contributed by atoms with van der Waals surface area (Å²) in [5.74, 6) is -0.714. The summed E-state index contributed by atoms with van der Waals surface area (Å²) >= 11 is 1.52. The van der Waals surface area contributed by atoms with Gasteiger partial charge in [-0.1, -0.05) is 12.1 Å². The van der Waals surface area contributed by atoms with Gasteiger partial charge in [-0.25, -0.2) is 5.48 Å². The second-order valence-electron chi connectivity index (χ2n) is 10.3. The van der Waals surface area contributed by atoms with Crippen LogP contribution in [-0.4, -0.2) is 51.4 Å². The highest BCUT2D eigenvalue weighted by Gasteiger charge is 2.41. The van der Waals surface area contributed by atoms with Crippen LogP contribution in [0.4, 0.5) is 5.69 Å². The average Bonchev–Trinajstić information content (AvgIpc) is 3.42. The van der Waals surface area contributed by atoms with Crippen LogP contribution in [0.2, 0.25) is 0 Å². The van der Waals surface area contributed by atoms with Gasteiger partial charge >= 0.3 is 0 Å². The van der Waals surface area contributed by atoms with Crippen LogP contribution in [0.5, 0.6) is 5.75 Å². The molecule has 4 aromatic rings. The molecule has 2 aromatic heterocycles. The number of carbonyl (C=O) groups excluding carboxylic acids is 3. The minimum Gasteiger partial charge on any atom is -0.475 e. The third-order valence-electron chi connectivity index (χ3n) is 7.09. The molecule has 5 rings (SSSR count). The molecule has 3 heterocycles. The first-order valence-electron chi connectivity index (χ1n) is 12.7. The zero-order valence-corrected chi connectivity index (χ0v) is 23.9. The van der Waals surface area contributed by atoms with Gasteiger partial charge in [0.2, 0.25) is 0 Å². The van der Waals surface area contributed by atoms with Gasteiger partial charge in [-0.2, -0.15) is 0 Å². The molecule has 1 aliphatic rings. The number of ether oxygens (including phenoxy) is 1. The van der Waals surface area contributed by atoms with Crippen molar-refractivity contribution in [1.29, 1.82) is 0 Å². The first kappa shape index (κ1) is 28.0. The number of rotatable bonds is 6. The molecule has 2 aromatic carbocycles. The number of anilines is 1. The van der Waals surface area contributed by atoms with E-state index in [-0.39, 0.29) is 34.8 Å². The Balaban J connectivity index is 1.55. The second kappa shape index (κ2) is 10.5. The molecule has 11 nitrogen and oxygen atoms in total. The number of H-pyrrole nitrogens is 1. The minimum atomic E-state index is -1.10. The Hall–Kier alpha value is -4.55. The van der Waals surface area contributed by atoms with Crippen LogP contribution in [-0.2, 0) is 18.4 Å². The van der Waals surface area contributed by atoms with Gasteiger partial charge in [0.25, 0.3) is 23.3 Å². The number of hydroxylamine groups is 1. The highest BCUT2D eigenvalue weighted by Crippen LogP contribution is 2.47. The Morgan fingerprint density at radius 1 is 1.05 bits per heavy atom. The number of aromatic nitrogens is 2.